The highest BCUT2D eigenvalue weighted by Gasteiger charge is 2.24. The lowest BCUT2D eigenvalue weighted by Gasteiger charge is -2.23. The van der Waals surface area contributed by atoms with E-state index in [0.717, 1.165) is 15.4 Å². The number of rotatable bonds is 7. The molecule has 3 N–H and O–H groups in total. The van der Waals surface area contributed by atoms with E-state index in [9.17, 15) is 18.0 Å². The molecule has 0 radical (unpaired) electrons. The summed E-state index contributed by atoms with van der Waals surface area (Å²) in [5.41, 5.74) is 2.99. The van der Waals surface area contributed by atoms with Crippen molar-refractivity contribution in [1.82, 2.24) is 14.9 Å². The topological polar surface area (TPSA) is 117 Å². The molecule has 154 valence electrons. The van der Waals surface area contributed by atoms with Gasteiger partial charge < -0.3 is 20.7 Å². The van der Waals surface area contributed by atoms with E-state index >= 15 is 0 Å². The molecule has 0 saturated carbocycles. The van der Waals surface area contributed by atoms with E-state index in [1.165, 1.54) is 14.1 Å². The fourth-order valence-corrected chi connectivity index (χ4v) is 3.66. The van der Waals surface area contributed by atoms with Crippen LogP contribution in [-0.4, -0.2) is 58.5 Å². The van der Waals surface area contributed by atoms with Gasteiger partial charge in [0.2, 0.25) is 10.0 Å². The Morgan fingerprint density at radius 1 is 1.29 bits per heavy atom. The van der Waals surface area contributed by atoms with Gasteiger partial charge in [0.15, 0.2) is 0 Å². The number of carbonyl (C=O) groups excluding carboxylic acids is 2. The number of nitrogens with one attached hydrogen (secondary N) is 3. The third-order valence-corrected chi connectivity index (χ3v) is 6.24. The fraction of sp³-hybridized carbons (Fsp3) is 0.444. The molecule has 1 heterocycles. The minimum atomic E-state index is -3.59. The molecule has 10 heteroatoms. The molecule has 0 fully saturated rings. The molecule has 1 aromatic carbocycles. The minimum Gasteiger partial charge on any atom is -0.463 e. The maximum atomic E-state index is 12.5. The number of urea groups is 1. The largest absolute Gasteiger partial charge is 0.463 e. The molecule has 9 nitrogen and oxygen atoms in total. The van der Waals surface area contributed by atoms with Crippen LogP contribution < -0.4 is 16.0 Å². The van der Waals surface area contributed by atoms with Gasteiger partial charge in [-0.2, -0.15) is 0 Å². The van der Waals surface area contributed by atoms with Crippen molar-refractivity contribution in [2.75, 3.05) is 39.1 Å². The molecule has 0 spiro atoms. The summed E-state index contributed by atoms with van der Waals surface area (Å²) < 4.78 is 31.1. The third kappa shape index (κ3) is 4.63. The average Bonchev–Trinajstić information content (AvgIpc) is 2.62. The summed E-state index contributed by atoms with van der Waals surface area (Å²) >= 11 is 0. The van der Waals surface area contributed by atoms with E-state index < -0.39 is 22.0 Å². The van der Waals surface area contributed by atoms with E-state index in [1.807, 2.05) is 13.8 Å². The van der Waals surface area contributed by atoms with Crippen molar-refractivity contribution in [2.24, 2.45) is 0 Å². The Morgan fingerprint density at radius 2 is 1.96 bits per heavy atom. The second-order valence-corrected chi connectivity index (χ2v) is 8.69. The molecule has 0 unspecified atom stereocenters. The quantitative estimate of drug-likeness (QED) is 0.580. The SMILES string of the molecule is CCOC(=O)C1=C(CNc2cc(S(=O)(=O)N(C)C)cc(C)c2C)NC(=O)NC1. The second-order valence-electron chi connectivity index (χ2n) is 6.54. The molecule has 2 amide bonds. The van der Waals surface area contributed by atoms with Crippen molar-refractivity contribution >= 4 is 27.7 Å². The highest BCUT2D eigenvalue weighted by atomic mass is 32.2. The lowest BCUT2D eigenvalue weighted by molar-refractivity contribution is -0.138. The lowest BCUT2D eigenvalue weighted by atomic mass is 10.1. The van der Waals surface area contributed by atoms with Crippen LogP contribution in [0.5, 0.6) is 0 Å². The number of sulfonamides is 1. The molecule has 1 aliphatic rings. The Bertz CT molecular complexity index is 922. The predicted octanol–water partition coefficient (Wildman–Crippen LogP) is 1.10. The number of nitrogens with zero attached hydrogens (tertiary/aromatic N) is 1. The normalized spacial score (nSPS) is 14.6. The number of carbonyl (C=O) groups is 2. The summed E-state index contributed by atoms with van der Waals surface area (Å²) in [4.78, 5) is 24.0. The average molecular weight is 410 g/mol. The van der Waals surface area contributed by atoms with Crippen LogP contribution in [0.2, 0.25) is 0 Å². The molecule has 0 aromatic heterocycles. The molecule has 0 saturated heterocycles. The van der Waals surface area contributed by atoms with Gasteiger partial charge in [0, 0.05) is 19.8 Å². The Balaban J connectivity index is 2.35. The van der Waals surface area contributed by atoms with Gasteiger partial charge in [-0.3, -0.25) is 0 Å². The molecule has 2 rings (SSSR count). The first-order valence-corrected chi connectivity index (χ1v) is 10.2. The molecular weight excluding hydrogens is 384 g/mol. The first-order valence-electron chi connectivity index (χ1n) is 8.79. The van der Waals surface area contributed by atoms with Gasteiger partial charge in [-0.05, 0) is 44.0 Å². The Kier molecular flexibility index (Phi) is 6.68. The van der Waals surface area contributed by atoms with Gasteiger partial charge in [0.25, 0.3) is 0 Å². The van der Waals surface area contributed by atoms with E-state index in [1.54, 1.807) is 19.1 Å². The fourth-order valence-electron chi connectivity index (χ4n) is 2.65. The molecule has 0 atom stereocenters. The highest BCUT2D eigenvalue weighted by Crippen LogP contribution is 2.26. The number of hydrogen-bond acceptors (Lipinski definition) is 6. The maximum Gasteiger partial charge on any atom is 0.337 e. The van der Waals surface area contributed by atoms with Crippen molar-refractivity contribution in [2.45, 2.75) is 25.7 Å². The van der Waals surface area contributed by atoms with Crippen molar-refractivity contribution < 1.29 is 22.7 Å². The molecule has 0 aliphatic carbocycles. The van der Waals surface area contributed by atoms with Crippen molar-refractivity contribution in [1.29, 1.82) is 0 Å². The van der Waals surface area contributed by atoms with Crippen LogP contribution >= 0.6 is 0 Å². The first kappa shape index (κ1) is 21.7. The number of ether oxygens (including phenoxy) is 1. The van der Waals surface area contributed by atoms with Crippen LogP contribution in [0.15, 0.2) is 28.3 Å². The van der Waals surface area contributed by atoms with Crippen LogP contribution in [-0.2, 0) is 19.6 Å². The zero-order chi connectivity index (χ0) is 21.1. The van der Waals surface area contributed by atoms with Gasteiger partial charge in [0.1, 0.15) is 0 Å². The molecule has 1 aromatic rings. The molecule has 28 heavy (non-hydrogen) atoms. The van der Waals surface area contributed by atoms with Crippen LogP contribution in [0, 0.1) is 13.8 Å². The van der Waals surface area contributed by atoms with E-state index in [2.05, 4.69) is 16.0 Å². The highest BCUT2D eigenvalue weighted by molar-refractivity contribution is 7.89. The van der Waals surface area contributed by atoms with Gasteiger partial charge >= 0.3 is 12.0 Å². The number of anilines is 1. The summed E-state index contributed by atoms with van der Waals surface area (Å²) in [5.74, 6) is -0.511. The van der Waals surface area contributed by atoms with Crippen molar-refractivity contribution in [3.8, 4) is 0 Å². The number of hydrogen-bond donors (Lipinski definition) is 3. The van der Waals surface area contributed by atoms with Gasteiger partial charge in [-0.15, -0.1) is 0 Å². The van der Waals surface area contributed by atoms with Crippen molar-refractivity contribution in [3.05, 3.63) is 34.5 Å². The van der Waals surface area contributed by atoms with E-state index in [-0.39, 0.29) is 24.6 Å². The molecule has 0 bridgehead atoms. The number of benzene rings is 1. The number of esters is 1. The number of amides is 2. The molecular formula is C18H26N4O5S. The monoisotopic (exact) mass is 410 g/mol. The number of aryl methyl sites for hydroxylation is 1. The Labute approximate surface area is 165 Å². The van der Waals surface area contributed by atoms with Gasteiger partial charge in [0.05, 0.1) is 35.9 Å². The van der Waals surface area contributed by atoms with E-state index in [0.29, 0.717) is 17.0 Å². The lowest BCUT2D eigenvalue weighted by Crippen LogP contribution is -2.45. The summed E-state index contributed by atoms with van der Waals surface area (Å²) in [6.07, 6.45) is 0. The minimum absolute atomic E-state index is 0.0642. The smallest absolute Gasteiger partial charge is 0.337 e. The summed E-state index contributed by atoms with van der Waals surface area (Å²) in [7, 11) is -0.653. The van der Waals surface area contributed by atoms with Crippen LogP contribution in [0.1, 0.15) is 18.1 Å². The maximum absolute atomic E-state index is 12.5. The van der Waals surface area contributed by atoms with Gasteiger partial charge in [-0.25, -0.2) is 22.3 Å². The predicted molar refractivity (Wildman–Crippen MR) is 105 cm³/mol. The summed E-state index contributed by atoms with van der Waals surface area (Å²) in [5, 5.41) is 8.28. The standard InChI is InChI=1S/C18H26N4O5S/c1-6-27-17(23)14-9-20-18(24)21-16(14)10-19-15-8-13(7-11(2)12(15)3)28(25,26)22(4)5/h7-8,19H,6,9-10H2,1-5H3,(H2,20,21,24). The Morgan fingerprint density at radius 3 is 2.57 bits per heavy atom. The summed E-state index contributed by atoms with van der Waals surface area (Å²) in [6.45, 7) is 5.81. The Hall–Kier alpha value is -2.59. The van der Waals surface area contributed by atoms with Crippen LogP contribution in [0.25, 0.3) is 0 Å². The first-order chi connectivity index (χ1) is 13.1. The van der Waals surface area contributed by atoms with Crippen LogP contribution in [0.4, 0.5) is 10.5 Å². The zero-order valence-electron chi connectivity index (χ0n) is 16.7. The third-order valence-electron chi connectivity index (χ3n) is 4.45. The molecule has 1 aliphatic heterocycles. The van der Waals surface area contributed by atoms with Crippen molar-refractivity contribution in [3.63, 3.8) is 0 Å². The van der Waals surface area contributed by atoms with Crippen LogP contribution in [0.3, 0.4) is 0 Å². The van der Waals surface area contributed by atoms with Gasteiger partial charge in [-0.1, -0.05) is 0 Å². The zero-order valence-corrected chi connectivity index (χ0v) is 17.5. The summed E-state index contributed by atoms with van der Waals surface area (Å²) in [6, 6.07) is 2.75. The van der Waals surface area contributed by atoms with E-state index in [4.69, 9.17) is 4.74 Å². The second kappa shape index (κ2) is 8.61.